The maximum absolute atomic E-state index is 13.3. The molecule has 4 aromatic rings. The van der Waals surface area contributed by atoms with Crippen LogP contribution < -0.4 is 10.6 Å². The Labute approximate surface area is 175 Å². The smallest absolute Gasteiger partial charge is 0.295 e. The lowest BCUT2D eigenvalue weighted by atomic mass is 10.2. The molecule has 0 fully saturated rings. The van der Waals surface area contributed by atoms with Crippen LogP contribution in [0.1, 0.15) is 17.5 Å². The summed E-state index contributed by atoms with van der Waals surface area (Å²) < 4.78 is 14.8. The van der Waals surface area contributed by atoms with Gasteiger partial charge in [0.05, 0.1) is 10.6 Å². The maximum atomic E-state index is 13.3. The van der Waals surface area contributed by atoms with Crippen LogP contribution in [0.3, 0.4) is 0 Å². The molecule has 0 bridgehead atoms. The Balaban J connectivity index is 1.62. The number of hydrogen-bond donors (Lipinski definition) is 2. The summed E-state index contributed by atoms with van der Waals surface area (Å²) in [7, 11) is 0. The van der Waals surface area contributed by atoms with E-state index in [0.717, 1.165) is 4.88 Å². The van der Waals surface area contributed by atoms with E-state index in [1.165, 1.54) is 35.1 Å². The molecule has 150 valence electrons. The number of nitrogens with zero attached hydrogens (tertiary/aromatic N) is 3. The molecule has 0 spiro atoms. The number of rotatable bonds is 5. The van der Waals surface area contributed by atoms with Crippen molar-refractivity contribution in [2.75, 3.05) is 10.6 Å². The first-order valence-electron chi connectivity index (χ1n) is 8.95. The van der Waals surface area contributed by atoms with Crippen molar-refractivity contribution in [2.45, 2.75) is 6.92 Å². The van der Waals surface area contributed by atoms with E-state index in [0.29, 0.717) is 22.9 Å². The molecule has 2 amide bonds. The summed E-state index contributed by atoms with van der Waals surface area (Å²) in [4.78, 5) is 29.1. The van der Waals surface area contributed by atoms with Gasteiger partial charge in [0.1, 0.15) is 5.82 Å². The second-order valence-corrected chi connectivity index (χ2v) is 7.28. The van der Waals surface area contributed by atoms with Gasteiger partial charge in [-0.1, -0.05) is 6.07 Å². The van der Waals surface area contributed by atoms with Crippen LogP contribution in [0.25, 0.3) is 16.4 Å². The van der Waals surface area contributed by atoms with Crippen molar-refractivity contribution in [3.05, 3.63) is 77.7 Å². The van der Waals surface area contributed by atoms with Gasteiger partial charge in [-0.2, -0.15) is 0 Å². The third-order valence-corrected chi connectivity index (χ3v) is 4.95. The molecular weight excluding hydrogens is 405 g/mol. The number of aromatic nitrogens is 3. The molecule has 9 heteroatoms. The monoisotopic (exact) mass is 421 g/mol. The topological polar surface area (TPSA) is 88.9 Å². The fraction of sp³-hybridized carbons (Fsp3) is 0.0476. The third-order valence-electron chi connectivity index (χ3n) is 4.09. The van der Waals surface area contributed by atoms with Crippen LogP contribution in [-0.2, 0) is 4.79 Å². The minimum atomic E-state index is -0.485. The average molecular weight is 421 g/mol. The molecule has 2 aromatic heterocycles. The van der Waals surface area contributed by atoms with E-state index in [1.807, 2.05) is 17.5 Å². The molecule has 0 saturated carbocycles. The molecule has 4 rings (SSSR count). The highest BCUT2D eigenvalue weighted by Gasteiger charge is 2.19. The van der Waals surface area contributed by atoms with Gasteiger partial charge in [-0.25, -0.2) is 14.1 Å². The van der Waals surface area contributed by atoms with Gasteiger partial charge in [0.15, 0.2) is 5.82 Å². The van der Waals surface area contributed by atoms with Crippen LogP contribution in [0.4, 0.5) is 15.8 Å². The molecule has 0 aliphatic heterocycles. The number of anilines is 2. The standard InChI is InChI=1S/C21H16FN5O2S/c1-13(28)23-15-6-8-16(9-7-15)24-21(29)19-25-20(18-3-2-12-30-18)27(26-19)17-10-4-14(22)5-11-17/h2-12H,1H3,(H,23,28)(H,24,29). The average Bonchev–Trinajstić information content (AvgIpc) is 3.39. The molecule has 0 atom stereocenters. The number of hydrogen-bond acceptors (Lipinski definition) is 5. The Morgan fingerprint density at radius 3 is 2.23 bits per heavy atom. The van der Waals surface area contributed by atoms with Crippen LogP contribution in [0.15, 0.2) is 66.0 Å². The Bertz CT molecular complexity index is 1190. The third kappa shape index (κ3) is 4.26. The summed E-state index contributed by atoms with van der Waals surface area (Å²) in [6.07, 6.45) is 0. The minimum absolute atomic E-state index is 0.0198. The lowest BCUT2D eigenvalue weighted by Crippen LogP contribution is -2.14. The number of carbonyl (C=O) groups is 2. The lowest BCUT2D eigenvalue weighted by Gasteiger charge is -2.05. The second kappa shape index (κ2) is 8.26. The quantitative estimate of drug-likeness (QED) is 0.502. The molecule has 0 radical (unpaired) electrons. The van der Waals surface area contributed by atoms with Crippen molar-refractivity contribution in [3.63, 3.8) is 0 Å². The number of nitrogens with one attached hydrogen (secondary N) is 2. The Hall–Kier alpha value is -3.85. The molecule has 7 nitrogen and oxygen atoms in total. The van der Waals surface area contributed by atoms with Crippen LogP contribution in [-0.4, -0.2) is 26.6 Å². The van der Waals surface area contributed by atoms with E-state index in [1.54, 1.807) is 36.4 Å². The normalized spacial score (nSPS) is 10.6. The predicted octanol–water partition coefficient (Wildman–Crippen LogP) is 4.35. The summed E-state index contributed by atoms with van der Waals surface area (Å²) in [5.74, 6) is -0.557. The molecule has 2 heterocycles. The molecule has 0 saturated heterocycles. The maximum Gasteiger partial charge on any atom is 0.295 e. The molecule has 0 aliphatic rings. The number of amides is 2. The highest BCUT2D eigenvalue weighted by Crippen LogP contribution is 2.26. The predicted molar refractivity (Wildman–Crippen MR) is 113 cm³/mol. The van der Waals surface area contributed by atoms with E-state index < -0.39 is 5.91 Å². The van der Waals surface area contributed by atoms with Crippen molar-refractivity contribution < 1.29 is 14.0 Å². The van der Waals surface area contributed by atoms with Crippen LogP contribution in [0.2, 0.25) is 0 Å². The lowest BCUT2D eigenvalue weighted by molar-refractivity contribution is -0.114. The van der Waals surface area contributed by atoms with E-state index in [4.69, 9.17) is 0 Å². The summed E-state index contributed by atoms with van der Waals surface area (Å²) in [6, 6.07) is 16.2. The van der Waals surface area contributed by atoms with Crippen LogP contribution >= 0.6 is 11.3 Å². The number of carbonyl (C=O) groups excluding carboxylic acids is 2. The van der Waals surface area contributed by atoms with E-state index in [9.17, 15) is 14.0 Å². The zero-order valence-corrected chi connectivity index (χ0v) is 16.6. The van der Waals surface area contributed by atoms with Crippen molar-refractivity contribution in [1.29, 1.82) is 0 Å². The second-order valence-electron chi connectivity index (χ2n) is 6.34. The van der Waals surface area contributed by atoms with Gasteiger partial charge in [0.2, 0.25) is 11.7 Å². The van der Waals surface area contributed by atoms with Gasteiger partial charge < -0.3 is 10.6 Å². The number of thiophene rings is 1. The highest BCUT2D eigenvalue weighted by atomic mass is 32.1. The van der Waals surface area contributed by atoms with Gasteiger partial charge in [0, 0.05) is 18.3 Å². The van der Waals surface area contributed by atoms with E-state index in [-0.39, 0.29) is 17.5 Å². The largest absolute Gasteiger partial charge is 0.326 e. The van der Waals surface area contributed by atoms with E-state index >= 15 is 0 Å². The summed E-state index contributed by atoms with van der Waals surface area (Å²) in [5.41, 5.74) is 1.75. The SMILES string of the molecule is CC(=O)Nc1ccc(NC(=O)c2nc(-c3cccs3)n(-c3ccc(F)cc3)n2)cc1. The van der Waals surface area contributed by atoms with Crippen LogP contribution in [0.5, 0.6) is 0 Å². The first-order chi connectivity index (χ1) is 14.5. The molecule has 2 N–H and O–H groups in total. The fourth-order valence-electron chi connectivity index (χ4n) is 2.76. The first-order valence-corrected chi connectivity index (χ1v) is 9.83. The van der Waals surface area contributed by atoms with Crippen molar-refractivity contribution in [2.24, 2.45) is 0 Å². The van der Waals surface area contributed by atoms with Crippen molar-refractivity contribution >= 4 is 34.5 Å². The van der Waals surface area contributed by atoms with Gasteiger partial charge in [-0.3, -0.25) is 9.59 Å². The highest BCUT2D eigenvalue weighted by molar-refractivity contribution is 7.13. The Morgan fingerprint density at radius 1 is 0.967 bits per heavy atom. The molecule has 30 heavy (non-hydrogen) atoms. The molecule has 0 aliphatic carbocycles. The number of halogens is 1. The Kier molecular flexibility index (Phi) is 5.36. The zero-order chi connectivity index (χ0) is 21.1. The van der Waals surface area contributed by atoms with Gasteiger partial charge in [-0.15, -0.1) is 16.4 Å². The molecular formula is C21H16FN5O2S. The van der Waals surface area contributed by atoms with Gasteiger partial charge in [0.25, 0.3) is 5.91 Å². The number of benzene rings is 2. The zero-order valence-electron chi connectivity index (χ0n) is 15.8. The van der Waals surface area contributed by atoms with Gasteiger partial charge >= 0.3 is 0 Å². The summed E-state index contributed by atoms with van der Waals surface area (Å²) in [5, 5.41) is 11.6. The molecule has 2 aromatic carbocycles. The fourth-order valence-corrected chi connectivity index (χ4v) is 3.46. The summed E-state index contributed by atoms with van der Waals surface area (Å²) >= 11 is 1.46. The van der Waals surface area contributed by atoms with Crippen molar-refractivity contribution in [3.8, 4) is 16.4 Å². The van der Waals surface area contributed by atoms with Crippen molar-refractivity contribution in [1.82, 2.24) is 14.8 Å². The minimum Gasteiger partial charge on any atom is -0.326 e. The van der Waals surface area contributed by atoms with Crippen LogP contribution in [0, 0.1) is 5.82 Å². The summed E-state index contributed by atoms with van der Waals surface area (Å²) in [6.45, 7) is 1.42. The van der Waals surface area contributed by atoms with Gasteiger partial charge in [-0.05, 0) is 60.0 Å². The Morgan fingerprint density at radius 2 is 1.63 bits per heavy atom. The first kappa shape index (κ1) is 19.5. The molecule has 0 unspecified atom stereocenters. The van der Waals surface area contributed by atoms with E-state index in [2.05, 4.69) is 20.7 Å².